The molecule has 3 N–H and O–H groups in total. The highest BCUT2D eigenvalue weighted by Gasteiger charge is 2.30. The molecule has 0 spiro atoms. The van der Waals surface area contributed by atoms with Gasteiger partial charge in [0.2, 0.25) is 0 Å². The first-order valence-corrected chi connectivity index (χ1v) is 40.7. The summed E-state index contributed by atoms with van der Waals surface area (Å²) in [4.78, 5) is 72.6. The molecule has 0 bridgehead atoms. The summed E-state index contributed by atoms with van der Waals surface area (Å²) in [6.07, 6.45) is 46.0. The van der Waals surface area contributed by atoms with Crippen molar-refractivity contribution in [3.63, 3.8) is 0 Å². The van der Waals surface area contributed by atoms with E-state index >= 15 is 0 Å². The summed E-state index contributed by atoms with van der Waals surface area (Å²) in [7, 11) is -9.91. The summed E-state index contributed by atoms with van der Waals surface area (Å²) in [5.74, 6) is 0.878. The highest BCUT2D eigenvalue weighted by atomic mass is 31.2. The first-order chi connectivity index (χ1) is 44.1. The van der Waals surface area contributed by atoms with Crippen molar-refractivity contribution in [2.45, 2.75) is 382 Å². The Morgan fingerprint density at radius 1 is 0.304 bits per heavy atom. The Kier molecular flexibility index (Phi) is 61.3. The molecule has 0 aromatic rings. The quantitative estimate of drug-likeness (QED) is 0.0222. The molecule has 0 aromatic carbocycles. The van der Waals surface area contributed by atoms with Gasteiger partial charge >= 0.3 is 39.5 Å². The number of aliphatic hydroxyl groups is 1. The second kappa shape index (κ2) is 62.6. The zero-order valence-electron chi connectivity index (χ0n) is 60.2. The SMILES string of the molecule is CCC(C)CCCCCCCCCCCCC(=O)OC[C@H](COP(=O)(O)OCC(O)COP(=O)(O)OC[C@@H](COC(=O)CCCCCCCCCCC(C)C)OC(=O)CCCCCCCCC(C)C)OC(=O)CCCCCCCCCCCCCCCCCC(C)C. The second-order valence-corrected chi connectivity index (χ2v) is 30.9. The van der Waals surface area contributed by atoms with Gasteiger partial charge in [0.1, 0.15) is 19.3 Å². The zero-order chi connectivity index (χ0) is 68.2. The van der Waals surface area contributed by atoms with Gasteiger partial charge in [-0.3, -0.25) is 37.3 Å². The van der Waals surface area contributed by atoms with Gasteiger partial charge in [0.25, 0.3) is 0 Å². The third-order valence-electron chi connectivity index (χ3n) is 17.2. The van der Waals surface area contributed by atoms with Crippen LogP contribution in [0.25, 0.3) is 0 Å². The van der Waals surface area contributed by atoms with Crippen LogP contribution >= 0.6 is 15.6 Å². The molecular formula is C73H142O17P2. The van der Waals surface area contributed by atoms with Crippen LogP contribution in [0, 0.1) is 23.7 Å². The summed E-state index contributed by atoms with van der Waals surface area (Å²) in [5.41, 5.74) is 0. The number of rotatable bonds is 70. The Labute approximate surface area is 562 Å². The Hall–Kier alpha value is -1.94. The van der Waals surface area contributed by atoms with Crippen molar-refractivity contribution in [3.05, 3.63) is 0 Å². The normalized spacial score (nSPS) is 14.5. The zero-order valence-corrected chi connectivity index (χ0v) is 62.0. The van der Waals surface area contributed by atoms with Crippen LogP contribution in [0.5, 0.6) is 0 Å². The Morgan fingerprint density at radius 2 is 0.522 bits per heavy atom. The predicted molar refractivity (Wildman–Crippen MR) is 372 cm³/mol. The molecule has 0 aliphatic heterocycles. The summed E-state index contributed by atoms with van der Waals surface area (Å²) < 4.78 is 68.3. The molecule has 92 heavy (non-hydrogen) atoms. The third-order valence-corrected chi connectivity index (χ3v) is 19.1. The fraction of sp³-hybridized carbons (Fsp3) is 0.945. The summed E-state index contributed by atoms with van der Waals surface area (Å²) in [5, 5.41) is 10.6. The number of unbranched alkanes of at least 4 members (excludes halogenated alkanes) is 35. The molecule has 0 aliphatic carbocycles. The highest BCUT2D eigenvalue weighted by Crippen LogP contribution is 2.45. The van der Waals surface area contributed by atoms with Crippen molar-refractivity contribution < 1.29 is 80.2 Å². The van der Waals surface area contributed by atoms with E-state index in [1.807, 2.05) is 0 Å². The van der Waals surface area contributed by atoms with Crippen molar-refractivity contribution in [1.82, 2.24) is 0 Å². The monoisotopic (exact) mass is 1350 g/mol. The van der Waals surface area contributed by atoms with Gasteiger partial charge in [0.05, 0.1) is 26.4 Å². The van der Waals surface area contributed by atoms with Gasteiger partial charge in [-0.15, -0.1) is 0 Å². The van der Waals surface area contributed by atoms with Gasteiger partial charge in [0, 0.05) is 25.7 Å². The topological polar surface area (TPSA) is 237 Å². The van der Waals surface area contributed by atoms with Crippen LogP contribution in [0.3, 0.4) is 0 Å². The lowest BCUT2D eigenvalue weighted by Gasteiger charge is -2.21. The molecule has 0 aliphatic rings. The predicted octanol–water partition coefficient (Wildman–Crippen LogP) is 20.9. The molecule has 0 radical (unpaired) electrons. The number of hydrogen-bond donors (Lipinski definition) is 3. The van der Waals surface area contributed by atoms with E-state index in [2.05, 4.69) is 55.4 Å². The van der Waals surface area contributed by atoms with Gasteiger partial charge in [-0.05, 0) is 49.4 Å². The highest BCUT2D eigenvalue weighted by molar-refractivity contribution is 7.47. The molecule has 0 saturated carbocycles. The number of phosphoric ester groups is 2. The number of hydrogen-bond acceptors (Lipinski definition) is 15. The maximum atomic E-state index is 13.1. The second-order valence-electron chi connectivity index (χ2n) is 28.0. The van der Waals surface area contributed by atoms with E-state index in [9.17, 15) is 43.2 Å². The molecular weight excluding hydrogens is 1210 g/mol. The van der Waals surface area contributed by atoms with E-state index < -0.39 is 97.5 Å². The van der Waals surface area contributed by atoms with Gasteiger partial charge in [-0.2, -0.15) is 0 Å². The number of carbonyl (C=O) groups excluding carboxylic acids is 4. The van der Waals surface area contributed by atoms with Crippen molar-refractivity contribution >= 4 is 39.5 Å². The van der Waals surface area contributed by atoms with E-state index in [0.29, 0.717) is 31.6 Å². The standard InChI is InChI=1S/C73H142O17P2/c1-9-66(8)52-44-36-27-20-17-18-21-28-37-45-53-70(75)83-59-68(89-72(77)55-47-39-30-22-16-14-12-10-11-13-15-19-25-33-41-49-63(2)3)61-87-91(79,80)85-57-67(74)58-86-92(81,82)88-62-69(90-73(78)56-48-40-32-31-35-43-51-65(6)7)60-84-71(76)54-46-38-29-24-23-26-34-42-50-64(4)5/h63-69,74H,9-62H2,1-8H3,(H,79,80)(H,81,82)/t66?,67?,68-,69-/m1/s1. The fourth-order valence-corrected chi connectivity index (χ4v) is 12.6. The minimum absolute atomic E-state index is 0.101. The van der Waals surface area contributed by atoms with Gasteiger partial charge < -0.3 is 33.8 Å². The molecule has 0 rings (SSSR count). The fourth-order valence-electron chi connectivity index (χ4n) is 11.0. The van der Waals surface area contributed by atoms with E-state index in [1.165, 1.54) is 167 Å². The van der Waals surface area contributed by atoms with Crippen LogP contribution in [-0.2, 0) is 65.4 Å². The van der Waals surface area contributed by atoms with Crippen LogP contribution < -0.4 is 0 Å². The van der Waals surface area contributed by atoms with Crippen LogP contribution in [0.15, 0.2) is 0 Å². The van der Waals surface area contributed by atoms with Crippen molar-refractivity contribution in [1.29, 1.82) is 0 Å². The molecule has 4 unspecified atom stereocenters. The Balaban J connectivity index is 5.23. The minimum atomic E-state index is -4.96. The minimum Gasteiger partial charge on any atom is -0.462 e. The summed E-state index contributed by atoms with van der Waals surface area (Å²) in [6.45, 7) is 14.1. The summed E-state index contributed by atoms with van der Waals surface area (Å²) >= 11 is 0. The van der Waals surface area contributed by atoms with Crippen LogP contribution in [0.2, 0.25) is 0 Å². The van der Waals surface area contributed by atoms with Gasteiger partial charge in [-0.25, -0.2) is 9.13 Å². The number of carbonyl (C=O) groups is 4. The number of esters is 4. The lowest BCUT2D eigenvalue weighted by Crippen LogP contribution is -2.30. The maximum Gasteiger partial charge on any atom is 0.472 e. The number of aliphatic hydroxyl groups excluding tert-OH is 1. The van der Waals surface area contributed by atoms with Crippen LogP contribution in [0.4, 0.5) is 0 Å². The van der Waals surface area contributed by atoms with E-state index in [4.69, 9.17) is 37.0 Å². The number of ether oxygens (including phenoxy) is 4. The van der Waals surface area contributed by atoms with Crippen molar-refractivity contribution in [2.24, 2.45) is 23.7 Å². The molecule has 17 nitrogen and oxygen atoms in total. The molecule has 0 heterocycles. The smallest absolute Gasteiger partial charge is 0.462 e. The van der Waals surface area contributed by atoms with Crippen molar-refractivity contribution in [3.8, 4) is 0 Å². The maximum absolute atomic E-state index is 13.1. The van der Waals surface area contributed by atoms with E-state index in [-0.39, 0.29) is 25.7 Å². The Morgan fingerprint density at radius 3 is 0.772 bits per heavy atom. The first-order valence-electron chi connectivity index (χ1n) is 37.7. The largest absolute Gasteiger partial charge is 0.472 e. The van der Waals surface area contributed by atoms with E-state index in [1.54, 1.807) is 0 Å². The molecule has 19 heteroatoms. The van der Waals surface area contributed by atoms with E-state index in [0.717, 1.165) is 108 Å². The first kappa shape index (κ1) is 90.1. The van der Waals surface area contributed by atoms with Gasteiger partial charge in [0.15, 0.2) is 12.2 Å². The average molecular weight is 1350 g/mol. The lowest BCUT2D eigenvalue weighted by atomic mass is 9.99. The molecule has 0 aromatic heterocycles. The van der Waals surface area contributed by atoms with Crippen molar-refractivity contribution in [2.75, 3.05) is 39.6 Å². The molecule has 0 saturated heterocycles. The van der Waals surface area contributed by atoms with Crippen LogP contribution in [0.1, 0.15) is 364 Å². The third kappa shape index (κ3) is 65.4. The Bertz CT molecular complexity index is 1820. The average Bonchev–Trinajstić information content (AvgIpc) is 2.37. The number of phosphoric acid groups is 2. The molecule has 6 atom stereocenters. The molecule has 0 fully saturated rings. The van der Waals surface area contributed by atoms with Gasteiger partial charge in [-0.1, -0.05) is 312 Å². The lowest BCUT2D eigenvalue weighted by molar-refractivity contribution is -0.161. The van der Waals surface area contributed by atoms with Crippen LogP contribution in [-0.4, -0.2) is 96.7 Å². The molecule has 546 valence electrons. The molecule has 0 amide bonds. The summed E-state index contributed by atoms with van der Waals surface area (Å²) in [6, 6.07) is 0.